The SMILES string of the molecule is CC(C)(C)OC(=O)NC1CC1NC(=O)CNC(=O)c1cccc(C(F)(F)F)c1. The molecule has 10 heteroatoms. The molecule has 2 atom stereocenters. The fourth-order valence-electron chi connectivity index (χ4n) is 2.33. The Bertz CT molecular complexity index is 759. The first kappa shape index (κ1) is 21.5. The maximum absolute atomic E-state index is 12.7. The summed E-state index contributed by atoms with van der Waals surface area (Å²) in [6, 6.07) is 3.37. The van der Waals surface area contributed by atoms with E-state index in [9.17, 15) is 27.6 Å². The van der Waals surface area contributed by atoms with Crippen molar-refractivity contribution < 1.29 is 32.3 Å². The Labute approximate surface area is 160 Å². The number of carbonyl (C=O) groups excluding carboxylic acids is 3. The molecule has 2 unspecified atom stereocenters. The lowest BCUT2D eigenvalue weighted by molar-refractivity contribution is -0.137. The van der Waals surface area contributed by atoms with Gasteiger partial charge >= 0.3 is 12.3 Å². The van der Waals surface area contributed by atoms with Crippen molar-refractivity contribution in [3.63, 3.8) is 0 Å². The molecule has 1 aromatic carbocycles. The van der Waals surface area contributed by atoms with Gasteiger partial charge < -0.3 is 20.7 Å². The first-order valence-electron chi connectivity index (χ1n) is 8.59. The van der Waals surface area contributed by atoms with Crippen LogP contribution in [0.15, 0.2) is 24.3 Å². The van der Waals surface area contributed by atoms with Crippen LogP contribution in [0.5, 0.6) is 0 Å². The molecule has 0 aliphatic heterocycles. The molecule has 0 radical (unpaired) electrons. The molecule has 1 aromatic rings. The molecule has 2 rings (SSSR count). The first-order valence-corrected chi connectivity index (χ1v) is 8.59. The van der Waals surface area contributed by atoms with Crippen LogP contribution in [0.3, 0.4) is 0 Å². The maximum Gasteiger partial charge on any atom is 0.416 e. The van der Waals surface area contributed by atoms with Crippen LogP contribution in [0.1, 0.15) is 43.1 Å². The van der Waals surface area contributed by atoms with Crippen molar-refractivity contribution in [1.29, 1.82) is 0 Å². The molecule has 0 spiro atoms. The summed E-state index contributed by atoms with van der Waals surface area (Å²) < 4.78 is 43.1. The molecule has 1 aliphatic carbocycles. The van der Waals surface area contributed by atoms with Crippen molar-refractivity contribution in [2.45, 2.75) is 51.1 Å². The zero-order valence-electron chi connectivity index (χ0n) is 15.6. The van der Waals surface area contributed by atoms with Gasteiger partial charge in [0.2, 0.25) is 5.91 Å². The topological polar surface area (TPSA) is 96.5 Å². The van der Waals surface area contributed by atoms with Crippen molar-refractivity contribution in [3.8, 4) is 0 Å². The predicted octanol–water partition coefficient (Wildman–Crippen LogP) is 2.22. The van der Waals surface area contributed by atoms with E-state index in [0.29, 0.717) is 6.42 Å². The van der Waals surface area contributed by atoms with Crippen LogP contribution in [0.4, 0.5) is 18.0 Å². The van der Waals surface area contributed by atoms with Crippen LogP contribution < -0.4 is 16.0 Å². The number of hydrogen-bond acceptors (Lipinski definition) is 4. The molecule has 3 N–H and O–H groups in total. The average Bonchev–Trinajstić information content (AvgIpc) is 3.27. The van der Waals surface area contributed by atoms with Crippen molar-refractivity contribution in [3.05, 3.63) is 35.4 Å². The summed E-state index contributed by atoms with van der Waals surface area (Å²) in [5, 5.41) is 7.48. The van der Waals surface area contributed by atoms with Gasteiger partial charge in [-0.25, -0.2) is 4.79 Å². The highest BCUT2D eigenvalue weighted by Crippen LogP contribution is 2.29. The number of carbonyl (C=O) groups is 3. The van der Waals surface area contributed by atoms with E-state index in [4.69, 9.17) is 4.74 Å². The van der Waals surface area contributed by atoms with Crippen LogP contribution in [-0.2, 0) is 15.7 Å². The Hall–Kier alpha value is -2.78. The van der Waals surface area contributed by atoms with E-state index >= 15 is 0 Å². The lowest BCUT2D eigenvalue weighted by Gasteiger charge is -2.19. The van der Waals surface area contributed by atoms with Gasteiger partial charge in [0, 0.05) is 5.56 Å². The highest BCUT2D eigenvalue weighted by atomic mass is 19.4. The second-order valence-electron chi connectivity index (χ2n) is 7.42. The van der Waals surface area contributed by atoms with Gasteiger partial charge in [-0.3, -0.25) is 9.59 Å². The average molecular weight is 401 g/mol. The largest absolute Gasteiger partial charge is 0.444 e. The number of alkyl carbamates (subject to hydrolysis) is 1. The maximum atomic E-state index is 12.7. The third kappa shape index (κ3) is 6.75. The Balaban J connectivity index is 1.75. The molecule has 0 saturated heterocycles. The van der Waals surface area contributed by atoms with Gasteiger partial charge in [0.25, 0.3) is 5.91 Å². The van der Waals surface area contributed by atoms with Crippen molar-refractivity contribution in [1.82, 2.24) is 16.0 Å². The number of amides is 3. The number of alkyl halides is 3. The summed E-state index contributed by atoms with van der Waals surface area (Å²) in [7, 11) is 0. The summed E-state index contributed by atoms with van der Waals surface area (Å²) in [5.41, 5.74) is -1.78. The molecule has 1 aliphatic rings. The normalized spacial score (nSPS) is 18.8. The van der Waals surface area contributed by atoms with Gasteiger partial charge in [-0.1, -0.05) is 6.07 Å². The number of rotatable bonds is 5. The van der Waals surface area contributed by atoms with Gasteiger partial charge in [-0.15, -0.1) is 0 Å². The lowest BCUT2D eigenvalue weighted by Crippen LogP contribution is -2.41. The Kier molecular flexibility index (Phi) is 6.20. The fourth-order valence-corrected chi connectivity index (χ4v) is 2.33. The quantitative estimate of drug-likeness (QED) is 0.705. The van der Waals surface area contributed by atoms with Crippen LogP contribution in [0.2, 0.25) is 0 Å². The van der Waals surface area contributed by atoms with E-state index < -0.39 is 41.8 Å². The number of ether oxygens (including phenoxy) is 1. The number of halogens is 3. The van der Waals surface area contributed by atoms with E-state index in [2.05, 4.69) is 16.0 Å². The Morgan fingerprint density at radius 2 is 1.75 bits per heavy atom. The highest BCUT2D eigenvalue weighted by molar-refractivity contribution is 5.96. The minimum Gasteiger partial charge on any atom is -0.444 e. The van der Waals surface area contributed by atoms with Crippen molar-refractivity contribution >= 4 is 17.9 Å². The monoisotopic (exact) mass is 401 g/mol. The van der Waals surface area contributed by atoms with Crippen LogP contribution in [0.25, 0.3) is 0 Å². The molecule has 28 heavy (non-hydrogen) atoms. The van der Waals surface area contributed by atoms with Gasteiger partial charge in [-0.2, -0.15) is 13.2 Å². The second-order valence-corrected chi connectivity index (χ2v) is 7.42. The highest BCUT2D eigenvalue weighted by Gasteiger charge is 2.40. The molecule has 1 saturated carbocycles. The standard InChI is InChI=1S/C18H22F3N3O4/c1-17(2,3)28-16(27)24-13-8-12(13)23-14(25)9-22-15(26)10-5-4-6-11(7-10)18(19,20)21/h4-7,12-13H,8-9H2,1-3H3,(H,22,26)(H,23,25)(H,24,27). The third-order valence-corrected chi connectivity index (χ3v) is 3.70. The molecule has 0 heterocycles. The van der Waals surface area contributed by atoms with Crippen LogP contribution in [-0.4, -0.2) is 42.1 Å². The summed E-state index contributed by atoms with van der Waals surface area (Å²) in [5.74, 6) is -1.31. The third-order valence-electron chi connectivity index (χ3n) is 3.70. The van der Waals surface area contributed by atoms with E-state index in [0.717, 1.165) is 18.2 Å². The second kappa shape index (κ2) is 8.07. The molecular weight excluding hydrogens is 379 g/mol. The number of benzene rings is 1. The zero-order chi connectivity index (χ0) is 21.1. The van der Waals surface area contributed by atoms with Gasteiger partial charge in [0.05, 0.1) is 24.2 Å². The van der Waals surface area contributed by atoms with E-state index in [1.165, 1.54) is 6.07 Å². The number of hydrogen-bond donors (Lipinski definition) is 3. The van der Waals surface area contributed by atoms with Crippen molar-refractivity contribution in [2.75, 3.05) is 6.54 Å². The summed E-state index contributed by atoms with van der Waals surface area (Å²) >= 11 is 0. The summed E-state index contributed by atoms with van der Waals surface area (Å²) in [4.78, 5) is 35.4. The molecule has 1 fully saturated rings. The van der Waals surface area contributed by atoms with Gasteiger partial charge in [0.1, 0.15) is 5.60 Å². The van der Waals surface area contributed by atoms with Gasteiger partial charge in [0.15, 0.2) is 0 Å². The molecule has 3 amide bonds. The van der Waals surface area contributed by atoms with Crippen molar-refractivity contribution in [2.24, 2.45) is 0 Å². The zero-order valence-corrected chi connectivity index (χ0v) is 15.6. The summed E-state index contributed by atoms with van der Waals surface area (Å²) in [6.07, 6.45) is -4.63. The minimum absolute atomic E-state index is 0.196. The van der Waals surface area contributed by atoms with Gasteiger partial charge in [-0.05, 0) is 45.4 Å². The van der Waals surface area contributed by atoms with E-state index in [-0.39, 0.29) is 17.6 Å². The smallest absolute Gasteiger partial charge is 0.416 e. The minimum atomic E-state index is -4.56. The Morgan fingerprint density at radius 3 is 2.36 bits per heavy atom. The fraction of sp³-hybridized carbons (Fsp3) is 0.500. The molecule has 0 bridgehead atoms. The van der Waals surface area contributed by atoms with Crippen LogP contribution >= 0.6 is 0 Å². The Morgan fingerprint density at radius 1 is 1.11 bits per heavy atom. The molecule has 7 nitrogen and oxygen atoms in total. The molecule has 0 aromatic heterocycles. The number of nitrogens with one attached hydrogen (secondary N) is 3. The predicted molar refractivity (Wildman–Crippen MR) is 93.5 cm³/mol. The molecular formula is C18H22F3N3O4. The lowest BCUT2D eigenvalue weighted by atomic mass is 10.1. The summed E-state index contributed by atoms with van der Waals surface area (Å²) in [6.45, 7) is 4.79. The van der Waals surface area contributed by atoms with Crippen LogP contribution in [0, 0.1) is 0 Å². The van der Waals surface area contributed by atoms with E-state index in [1.54, 1.807) is 20.8 Å². The first-order chi connectivity index (χ1) is 12.8. The van der Waals surface area contributed by atoms with E-state index in [1.807, 2.05) is 0 Å². The molecule has 154 valence electrons.